The maximum atomic E-state index is 13.1. The summed E-state index contributed by atoms with van der Waals surface area (Å²) < 4.78 is 14.3. The zero-order valence-electron chi connectivity index (χ0n) is 17.8. The Morgan fingerprint density at radius 1 is 1.09 bits per heavy atom. The van der Waals surface area contributed by atoms with Crippen LogP contribution in [-0.4, -0.2) is 22.4 Å². The van der Waals surface area contributed by atoms with Gasteiger partial charge in [-0.2, -0.15) is 0 Å². The van der Waals surface area contributed by atoms with Crippen molar-refractivity contribution in [3.05, 3.63) is 93.9 Å². The summed E-state index contributed by atoms with van der Waals surface area (Å²) in [6.07, 6.45) is 0.757. The highest BCUT2D eigenvalue weighted by Crippen LogP contribution is 2.32. The zero-order valence-corrected chi connectivity index (χ0v) is 19.3. The minimum Gasteiger partial charge on any atom is -0.497 e. The van der Waals surface area contributed by atoms with Crippen LogP contribution in [0.2, 0.25) is 0 Å². The van der Waals surface area contributed by atoms with Gasteiger partial charge in [-0.1, -0.05) is 40.2 Å². The summed E-state index contributed by atoms with van der Waals surface area (Å²) in [5.41, 5.74) is 5.70. The largest absolute Gasteiger partial charge is 0.497 e. The van der Waals surface area contributed by atoms with Gasteiger partial charge in [-0.3, -0.25) is 4.79 Å². The molecule has 0 aliphatic rings. The van der Waals surface area contributed by atoms with Crippen molar-refractivity contribution in [2.24, 2.45) is 0 Å². The van der Waals surface area contributed by atoms with Crippen LogP contribution in [0.1, 0.15) is 27.5 Å². The summed E-state index contributed by atoms with van der Waals surface area (Å²) in [7, 11) is 1.66. The standard InChI is InChI=1S/C26H21BrN2O3/c1-16-20(13-17-7-9-18(27)10-8-17)21-14-19(31-2)11-12-23(21)29(16)15-24(30)26-28-22-5-3-4-6-25(22)32-26/h3-12,14H,13,15H2,1-2H3. The highest BCUT2D eigenvalue weighted by atomic mass is 79.9. The van der Waals surface area contributed by atoms with Crippen LogP contribution in [0.3, 0.4) is 0 Å². The van der Waals surface area contributed by atoms with Crippen molar-refractivity contribution in [1.82, 2.24) is 9.55 Å². The average Bonchev–Trinajstić information content (AvgIpc) is 3.35. The van der Waals surface area contributed by atoms with Gasteiger partial charge in [0.25, 0.3) is 5.89 Å². The van der Waals surface area contributed by atoms with E-state index >= 15 is 0 Å². The quantitative estimate of drug-likeness (QED) is 0.262. The molecule has 32 heavy (non-hydrogen) atoms. The fourth-order valence-electron chi connectivity index (χ4n) is 4.09. The Balaban J connectivity index is 1.56. The van der Waals surface area contributed by atoms with Gasteiger partial charge in [0.2, 0.25) is 5.78 Å². The van der Waals surface area contributed by atoms with Gasteiger partial charge in [0.15, 0.2) is 5.58 Å². The normalized spacial score (nSPS) is 11.3. The van der Waals surface area contributed by atoms with Gasteiger partial charge in [-0.15, -0.1) is 0 Å². The van der Waals surface area contributed by atoms with E-state index in [0.717, 1.165) is 33.2 Å². The number of carbonyl (C=O) groups excluding carboxylic acids is 1. The number of halogens is 1. The molecule has 0 atom stereocenters. The Labute approximate surface area is 193 Å². The molecule has 5 rings (SSSR count). The number of fused-ring (bicyclic) bond motifs is 2. The van der Waals surface area contributed by atoms with E-state index in [4.69, 9.17) is 9.15 Å². The summed E-state index contributed by atoms with van der Waals surface area (Å²) in [6.45, 7) is 2.21. The van der Waals surface area contributed by atoms with Crippen molar-refractivity contribution in [2.75, 3.05) is 7.11 Å². The number of methoxy groups -OCH3 is 1. The topological polar surface area (TPSA) is 57.3 Å². The Hall–Kier alpha value is -3.38. The lowest BCUT2D eigenvalue weighted by molar-refractivity contribution is 0.0941. The Bertz CT molecular complexity index is 1410. The first-order chi connectivity index (χ1) is 15.5. The van der Waals surface area contributed by atoms with Crippen LogP contribution in [0.5, 0.6) is 5.75 Å². The summed E-state index contributed by atoms with van der Waals surface area (Å²) in [5, 5.41) is 1.08. The van der Waals surface area contributed by atoms with E-state index in [1.165, 1.54) is 11.1 Å². The summed E-state index contributed by atoms with van der Waals surface area (Å²) in [5.74, 6) is 0.764. The molecule has 0 unspecified atom stereocenters. The minimum atomic E-state index is -0.160. The fourth-order valence-corrected chi connectivity index (χ4v) is 4.36. The molecule has 5 aromatic rings. The van der Waals surface area contributed by atoms with Crippen LogP contribution >= 0.6 is 15.9 Å². The van der Waals surface area contributed by atoms with E-state index in [2.05, 4.69) is 40.0 Å². The van der Waals surface area contributed by atoms with Crippen molar-refractivity contribution in [3.8, 4) is 5.75 Å². The molecule has 0 saturated heterocycles. The molecule has 160 valence electrons. The predicted molar refractivity (Wildman–Crippen MR) is 129 cm³/mol. The Morgan fingerprint density at radius 2 is 1.88 bits per heavy atom. The second-order valence-electron chi connectivity index (χ2n) is 7.75. The molecule has 2 heterocycles. The van der Waals surface area contributed by atoms with E-state index in [9.17, 15) is 4.79 Å². The minimum absolute atomic E-state index is 0.135. The van der Waals surface area contributed by atoms with Crippen LogP contribution in [0.4, 0.5) is 0 Å². The molecule has 0 N–H and O–H groups in total. The van der Waals surface area contributed by atoms with E-state index in [1.54, 1.807) is 7.11 Å². The molecule has 5 nitrogen and oxygen atoms in total. The number of nitrogens with zero attached hydrogens (tertiary/aromatic N) is 2. The number of benzene rings is 3. The number of oxazole rings is 1. The maximum Gasteiger partial charge on any atom is 0.266 e. The van der Waals surface area contributed by atoms with Crippen LogP contribution in [0.15, 0.2) is 75.6 Å². The van der Waals surface area contributed by atoms with Crippen molar-refractivity contribution < 1.29 is 13.9 Å². The van der Waals surface area contributed by atoms with Gasteiger partial charge in [0.05, 0.1) is 13.7 Å². The molecule has 0 spiro atoms. The molecule has 0 radical (unpaired) electrons. The van der Waals surface area contributed by atoms with Crippen LogP contribution in [0.25, 0.3) is 22.0 Å². The molecule has 0 aliphatic heterocycles. The molecule has 0 aliphatic carbocycles. The summed E-state index contributed by atoms with van der Waals surface area (Å²) in [6, 6.07) is 21.7. The van der Waals surface area contributed by atoms with Gasteiger partial charge in [-0.05, 0) is 66.9 Å². The van der Waals surface area contributed by atoms with Crippen molar-refractivity contribution >= 4 is 43.7 Å². The average molecular weight is 489 g/mol. The third kappa shape index (κ3) is 3.71. The van der Waals surface area contributed by atoms with Gasteiger partial charge >= 0.3 is 0 Å². The summed E-state index contributed by atoms with van der Waals surface area (Å²) in [4.78, 5) is 17.5. The Morgan fingerprint density at radius 3 is 2.62 bits per heavy atom. The van der Waals surface area contributed by atoms with E-state index in [0.29, 0.717) is 11.1 Å². The molecule has 0 amide bonds. The van der Waals surface area contributed by atoms with Gasteiger partial charge in [-0.25, -0.2) is 4.98 Å². The van der Waals surface area contributed by atoms with E-state index < -0.39 is 0 Å². The SMILES string of the molecule is COc1ccc2c(c1)c(Cc1ccc(Br)cc1)c(C)n2CC(=O)c1nc2ccccc2o1. The smallest absolute Gasteiger partial charge is 0.266 e. The number of ether oxygens (including phenoxy) is 1. The Kier molecular flexibility index (Phi) is 5.31. The third-order valence-corrected chi connectivity index (χ3v) is 6.32. The number of carbonyl (C=O) groups is 1. The number of rotatable bonds is 6. The molecule has 2 aromatic heterocycles. The summed E-state index contributed by atoms with van der Waals surface area (Å²) >= 11 is 3.50. The molecular formula is C26H21BrN2O3. The predicted octanol–water partition coefficient (Wildman–Crippen LogP) is 6.34. The molecule has 3 aromatic carbocycles. The fraction of sp³-hybridized carbons (Fsp3) is 0.154. The first-order valence-electron chi connectivity index (χ1n) is 10.3. The van der Waals surface area contributed by atoms with Gasteiger partial charge in [0, 0.05) is 21.1 Å². The van der Waals surface area contributed by atoms with Crippen LogP contribution in [-0.2, 0) is 13.0 Å². The lowest BCUT2D eigenvalue weighted by Crippen LogP contribution is -2.12. The lowest BCUT2D eigenvalue weighted by atomic mass is 10.0. The maximum absolute atomic E-state index is 13.1. The molecule has 0 bridgehead atoms. The first kappa shape index (κ1) is 20.5. The van der Waals surface area contributed by atoms with Crippen molar-refractivity contribution in [2.45, 2.75) is 19.9 Å². The van der Waals surface area contributed by atoms with E-state index in [1.807, 2.05) is 59.2 Å². The number of hydrogen-bond donors (Lipinski definition) is 0. The van der Waals surface area contributed by atoms with Crippen molar-refractivity contribution in [1.29, 1.82) is 0 Å². The third-order valence-electron chi connectivity index (χ3n) is 5.79. The van der Waals surface area contributed by atoms with Crippen LogP contribution in [0, 0.1) is 6.92 Å². The van der Waals surface area contributed by atoms with E-state index in [-0.39, 0.29) is 18.2 Å². The second-order valence-corrected chi connectivity index (χ2v) is 8.66. The number of Topliss-reactive ketones (excluding diaryl/α,β-unsaturated/α-hetero) is 1. The molecule has 6 heteroatoms. The highest BCUT2D eigenvalue weighted by Gasteiger charge is 2.20. The monoisotopic (exact) mass is 488 g/mol. The van der Waals surface area contributed by atoms with Gasteiger partial charge < -0.3 is 13.7 Å². The van der Waals surface area contributed by atoms with Crippen molar-refractivity contribution in [3.63, 3.8) is 0 Å². The molecule has 0 saturated carbocycles. The molecular weight excluding hydrogens is 468 g/mol. The highest BCUT2D eigenvalue weighted by molar-refractivity contribution is 9.10. The number of ketones is 1. The lowest BCUT2D eigenvalue weighted by Gasteiger charge is -2.07. The van der Waals surface area contributed by atoms with Crippen LogP contribution < -0.4 is 4.74 Å². The van der Waals surface area contributed by atoms with Gasteiger partial charge in [0.1, 0.15) is 11.3 Å². The number of hydrogen-bond acceptors (Lipinski definition) is 4. The zero-order chi connectivity index (χ0) is 22.2. The second kappa shape index (κ2) is 8.28. The molecule has 0 fully saturated rings. The number of para-hydroxylation sites is 2. The first-order valence-corrected chi connectivity index (χ1v) is 11.1. The number of aromatic nitrogens is 2.